The quantitative estimate of drug-likeness (QED) is 0.918. The SMILES string of the molecule is CNCc1sc(C2Cc3ccccc3C2)nc1COC. The molecule has 0 saturated heterocycles. The summed E-state index contributed by atoms with van der Waals surface area (Å²) in [5, 5.41) is 4.48. The van der Waals surface area contributed by atoms with E-state index >= 15 is 0 Å². The summed E-state index contributed by atoms with van der Waals surface area (Å²) in [5.74, 6) is 0.540. The normalized spacial score (nSPS) is 14.7. The van der Waals surface area contributed by atoms with Gasteiger partial charge in [0.1, 0.15) is 0 Å². The average Bonchev–Trinajstić information content (AvgIpc) is 3.04. The summed E-state index contributed by atoms with van der Waals surface area (Å²) in [4.78, 5) is 6.14. The van der Waals surface area contributed by atoms with Crippen LogP contribution < -0.4 is 5.32 Å². The summed E-state index contributed by atoms with van der Waals surface area (Å²) in [6.07, 6.45) is 2.24. The molecule has 0 fully saturated rings. The predicted octanol–water partition coefficient (Wildman–Crippen LogP) is 2.89. The van der Waals surface area contributed by atoms with Crippen molar-refractivity contribution in [3.63, 3.8) is 0 Å². The Bertz CT molecular complexity index is 545. The molecule has 1 N–H and O–H groups in total. The zero-order valence-electron chi connectivity index (χ0n) is 12.0. The van der Waals surface area contributed by atoms with E-state index in [4.69, 9.17) is 9.72 Å². The molecule has 0 unspecified atom stereocenters. The maximum atomic E-state index is 5.27. The molecule has 0 radical (unpaired) electrons. The number of benzene rings is 1. The molecule has 0 aliphatic heterocycles. The average molecular weight is 288 g/mol. The van der Waals surface area contributed by atoms with Gasteiger partial charge in [-0.05, 0) is 31.0 Å². The number of fused-ring (bicyclic) bond motifs is 1. The number of ether oxygens (including phenoxy) is 1. The first-order chi connectivity index (χ1) is 9.81. The molecular weight excluding hydrogens is 268 g/mol. The highest BCUT2D eigenvalue weighted by Crippen LogP contribution is 2.36. The lowest BCUT2D eigenvalue weighted by Crippen LogP contribution is -2.06. The van der Waals surface area contributed by atoms with E-state index in [0.29, 0.717) is 12.5 Å². The number of methoxy groups -OCH3 is 1. The standard InChI is InChI=1S/C16H20N2OS/c1-17-9-15-14(10-19-2)18-16(20-15)13-7-11-5-3-4-6-12(11)8-13/h3-6,13,17H,7-10H2,1-2H3. The maximum absolute atomic E-state index is 5.27. The number of hydrogen-bond acceptors (Lipinski definition) is 4. The fraction of sp³-hybridized carbons (Fsp3) is 0.438. The molecule has 1 heterocycles. The molecule has 1 aliphatic rings. The Balaban J connectivity index is 1.83. The molecule has 20 heavy (non-hydrogen) atoms. The van der Waals surface area contributed by atoms with Gasteiger partial charge in [-0.25, -0.2) is 4.98 Å². The Hall–Kier alpha value is -1.23. The minimum Gasteiger partial charge on any atom is -0.378 e. The first-order valence-corrected chi connectivity index (χ1v) is 7.82. The van der Waals surface area contributed by atoms with Crippen molar-refractivity contribution in [1.29, 1.82) is 0 Å². The zero-order chi connectivity index (χ0) is 13.9. The number of rotatable bonds is 5. The Morgan fingerprint density at radius 3 is 2.60 bits per heavy atom. The monoisotopic (exact) mass is 288 g/mol. The van der Waals surface area contributed by atoms with Crippen molar-refractivity contribution in [3.8, 4) is 0 Å². The Kier molecular flexibility index (Phi) is 4.15. The fourth-order valence-corrected chi connectivity index (χ4v) is 4.04. The van der Waals surface area contributed by atoms with E-state index in [2.05, 4.69) is 29.6 Å². The molecule has 1 aromatic heterocycles. The van der Waals surface area contributed by atoms with Crippen LogP contribution in [0.15, 0.2) is 24.3 Å². The van der Waals surface area contributed by atoms with Crippen molar-refractivity contribution in [1.82, 2.24) is 10.3 Å². The Labute approximate surface area is 124 Å². The van der Waals surface area contributed by atoms with Crippen molar-refractivity contribution in [2.75, 3.05) is 14.2 Å². The molecule has 0 atom stereocenters. The molecule has 0 spiro atoms. The number of hydrogen-bond donors (Lipinski definition) is 1. The van der Waals surface area contributed by atoms with Gasteiger partial charge < -0.3 is 10.1 Å². The number of nitrogens with zero attached hydrogens (tertiary/aromatic N) is 1. The van der Waals surface area contributed by atoms with Gasteiger partial charge in [-0.2, -0.15) is 0 Å². The first kappa shape index (κ1) is 13.7. The third kappa shape index (κ3) is 2.64. The topological polar surface area (TPSA) is 34.2 Å². The summed E-state index contributed by atoms with van der Waals surface area (Å²) < 4.78 is 5.27. The molecule has 3 nitrogen and oxygen atoms in total. The molecule has 0 saturated carbocycles. The van der Waals surface area contributed by atoms with Gasteiger partial charge in [-0.1, -0.05) is 24.3 Å². The molecular formula is C16H20N2OS. The van der Waals surface area contributed by atoms with Crippen molar-refractivity contribution < 1.29 is 4.74 Å². The van der Waals surface area contributed by atoms with Crippen LogP contribution >= 0.6 is 11.3 Å². The van der Waals surface area contributed by atoms with Crippen molar-refractivity contribution in [2.24, 2.45) is 0 Å². The van der Waals surface area contributed by atoms with Gasteiger partial charge in [0.2, 0.25) is 0 Å². The van der Waals surface area contributed by atoms with Gasteiger partial charge in [-0.3, -0.25) is 0 Å². The van der Waals surface area contributed by atoms with Gasteiger partial charge in [0.25, 0.3) is 0 Å². The molecule has 106 valence electrons. The van der Waals surface area contributed by atoms with Crippen LogP contribution in [0.4, 0.5) is 0 Å². The number of aromatic nitrogens is 1. The molecule has 1 aliphatic carbocycles. The van der Waals surface area contributed by atoms with Crippen LogP contribution in [0.1, 0.15) is 32.6 Å². The van der Waals surface area contributed by atoms with Gasteiger partial charge in [0.05, 0.1) is 17.3 Å². The molecule has 2 aromatic rings. The lowest BCUT2D eigenvalue weighted by atomic mass is 10.1. The van der Waals surface area contributed by atoms with Crippen molar-refractivity contribution in [3.05, 3.63) is 51.0 Å². The van der Waals surface area contributed by atoms with E-state index in [1.54, 1.807) is 7.11 Å². The highest BCUT2D eigenvalue weighted by molar-refractivity contribution is 7.11. The van der Waals surface area contributed by atoms with E-state index in [-0.39, 0.29) is 0 Å². The maximum Gasteiger partial charge on any atom is 0.0970 e. The minimum absolute atomic E-state index is 0.540. The second-order valence-electron chi connectivity index (χ2n) is 5.26. The van der Waals surface area contributed by atoms with E-state index in [9.17, 15) is 0 Å². The van der Waals surface area contributed by atoms with Crippen LogP contribution in [0.2, 0.25) is 0 Å². The van der Waals surface area contributed by atoms with E-state index in [1.165, 1.54) is 21.0 Å². The van der Waals surface area contributed by atoms with E-state index in [1.807, 2.05) is 18.4 Å². The summed E-state index contributed by atoms with van der Waals surface area (Å²) in [6.45, 7) is 1.48. The lowest BCUT2D eigenvalue weighted by Gasteiger charge is -2.03. The van der Waals surface area contributed by atoms with Crippen LogP contribution in [-0.4, -0.2) is 19.1 Å². The van der Waals surface area contributed by atoms with Gasteiger partial charge in [0, 0.05) is 24.4 Å². The molecule has 4 heteroatoms. The number of nitrogens with one attached hydrogen (secondary N) is 1. The number of thiazole rings is 1. The van der Waals surface area contributed by atoms with Gasteiger partial charge >= 0.3 is 0 Å². The van der Waals surface area contributed by atoms with Crippen LogP contribution in [0.3, 0.4) is 0 Å². The molecule has 1 aromatic carbocycles. The van der Waals surface area contributed by atoms with Gasteiger partial charge in [0.15, 0.2) is 0 Å². The minimum atomic E-state index is 0.540. The largest absolute Gasteiger partial charge is 0.378 e. The fourth-order valence-electron chi connectivity index (χ4n) is 2.86. The van der Waals surface area contributed by atoms with Crippen LogP contribution in [0.5, 0.6) is 0 Å². The third-order valence-corrected chi connectivity index (χ3v) is 5.07. The summed E-state index contributed by atoms with van der Waals surface area (Å²) in [5.41, 5.74) is 4.06. The Morgan fingerprint density at radius 2 is 2.00 bits per heavy atom. The Morgan fingerprint density at radius 1 is 1.30 bits per heavy atom. The summed E-state index contributed by atoms with van der Waals surface area (Å²) in [6, 6.07) is 8.75. The van der Waals surface area contributed by atoms with Crippen LogP contribution in [-0.2, 0) is 30.7 Å². The first-order valence-electron chi connectivity index (χ1n) is 7.00. The predicted molar refractivity (Wildman–Crippen MR) is 82.2 cm³/mol. The molecule has 3 rings (SSSR count). The summed E-state index contributed by atoms with van der Waals surface area (Å²) in [7, 11) is 3.70. The summed E-state index contributed by atoms with van der Waals surface area (Å²) >= 11 is 1.84. The van der Waals surface area contributed by atoms with Crippen molar-refractivity contribution >= 4 is 11.3 Å². The van der Waals surface area contributed by atoms with Gasteiger partial charge in [-0.15, -0.1) is 11.3 Å². The van der Waals surface area contributed by atoms with E-state index in [0.717, 1.165) is 25.1 Å². The zero-order valence-corrected chi connectivity index (χ0v) is 12.8. The van der Waals surface area contributed by atoms with Crippen molar-refractivity contribution in [2.45, 2.75) is 31.9 Å². The van der Waals surface area contributed by atoms with Crippen LogP contribution in [0, 0.1) is 0 Å². The lowest BCUT2D eigenvalue weighted by molar-refractivity contribution is 0.181. The molecule has 0 amide bonds. The third-order valence-electron chi connectivity index (χ3n) is 3.81. The van der Waals surface area contributed by atoms with Crippen LogP contribution in [0.25, 0.3) is 0 Å². The smallest absolute Gasteiger partial charge is 0.0970 e. The highest BCUT2D eigenvalue weighted by atomic mass is 32.1. The second kappa shape index (κ2) is 6.04. The highest BCUT2D eigenvalue weighted by Gasteiger charge is 2.26. The second-order valence-corrected chi connectivity index (χ2v) is 6.37. The van der Waals surface area contributed by atoms with E-state index < -0.39 is 0 Å². The molecule has 0 bridgehead atoms.